The normalized spacial score (nSPS) is 21.9. The van der Waals surface area contributed by atoms with Crippen molar-refractivity contribution in [3.63, 3.8) is 0 Å². The number of carboxylic acid groups (broad SMARTS) is 2. The first-order chi connectivity index (χ1) is 8.12. The van der Waals surface area contributed by atoms with Crippen LogP contribution >= 0.6 is 0 Å². The lowest BCUT2D eigenvalue weighted by Gasteiger charge is -2.22. The lowest BCUT2D eigenvalue weighted by Crippen LogP contribution is -2.44. The predicted molar refractivity (Wildman–Crippen MR) is 53.8 cm³/mol. The molecule has 0 aromatic rings. The zero-order valence-electron chi connectivity index (χ0n) is 8.95. The largest absolute Gasteiger partial charge is 0.481 e. The molecule has 0 radical (unpaired) electrons. The summed E-state index contributed by atoms with van der Waals surface area (Å²) in [6, 6.07) is -1.69. The Hall–Kier alpha value is -1.71. The van der Waals surface area contributed by atoms with Gasteiger partial charge in [-0.3, -0.25) is 9.59 Å². The van der Waals surface area contributed by atoms with Crippen molar-refractivity contribution >= 4 is 28.1 Å². The zero-order valence-corrected chi connectivity index (χ0v) is 9.76. The van der Waals surface area contributed by atoms with E-state index in [4.69, 9.17) is 10.2 Å². The van der Waals surface area contributed by atoms with E-state index < -0.39 is 58.7 Å². The van der Waals surface area contributed by atoms with Crippen LogP contribution < -0.4 is 0 Å². The van der Waals surface area contributed by atoms with Crippen LogP contribution in [0.1, 0.15) is 12.8 Å². The van der Waals surface area contributed by atoms with Crippen molar-refractivity contribution in [2.75, 3.05) is 6.54 Å². The fourth-order valence-electron chi connectivity index (χ4n) is 1.68. The fraction of sp³-hybridized carbons (Fsp3) is 0.625. The van der Waals surface area contributed by atoms with Gasteiger partial charge in [0.1, 0.15) is 11.3 Å². The number of likely N-dealkylation sites (tertiary alicyclic amines) is 1. The van der Waals surface area contributed by atoms with Gasteiger partial charge in [0.15, 0.2) is 0 Å². The lowest BCUT2D eigenvalue weighted by molar-refractivity contribution is -0.153. The van der Waals surface area contributed by atoms with E-state index in [1.165, 1.54) is 0 Å². The van der Waals surface area contributed by atoms with Gasteiger partial charge in [0.2, 0.25) is 5.91 Å². The van der Waals surface area contributed by atoms with Crippen molar-refractivity contribution in [3.8, 4) is 0 Å². The standard InChI is InChI=1S/C8H10FNO7S/c9-18(16,17)4-1-6(11)10(3-4)5(8(14)15)2-7(12)13/h4-5H,1-3H2,(H,12,13)(H,14,15). The molecule has 0 aromatic carbocycles. The highest BCUT2D eigenvalue weighted by Crippen LogP contribution is 2.23. The number of amides is 1. The molecule has 1 saturated heterocycles. The summed E-state index contributed by atoms with van der Waals surface area (Å²) >= 11 is 0. The average molecular weight is 283 g/mol. The van der Waals surface area contributed by atoms with Crippen molar-refractivity contribution in [1.29, 1.82) is 0 Å². The molecule has 1 heterocycles. The summed E-state index contributed by atoms with van der Waals surface area (Å²) in [5, 5.41) is 15.7. The molecule has 10 heteroatoms. The maximum Gasteiger partial charge on any atom is 0.327 e. The van der Waals surface area contributed by atoms with E-state index >= 15 is 0 Å². The third kappa shape index (κ3) is 3.15. The molecule has 1 aliphatic rings. The van der Waals surface area contributed by atoms with Gasteiger partial charge < -0.3 is 15.1 Å². The molecular formula is C8H10FNO7S. The Morgan fingerprint density at radius 1 is 1.44 bits per heavy atom. The van der Waals surface area contributed by atoms with Crippen LogP contribution in [-0.2, 0) is 24.6 Å². The van der Waals surface area contributed by atoms with E-state index in [1.54, 1.807) is 0 Å². The van der Waals surface area contributed by atoms with Gasteiger partial charge in [-0.05, 0) is 0 Å². The maximum atomic E-state index is 12.7. The van der Waals surface area contributed by atoms with Crippen molar-refractivity contribution in [1.82, 2.24) is 4.90 Å². The first-order valence-electron chi connectivity index (χ1n) is 4.80. The number of carbonyl (C=O) groups excluding carboxylic acids is 1. The average Bonchev–Trinajstić information content (AvgIpc) is 2.55. The Bertz CT molecular complexity index is 488. The van der Waals surface area contributed by atoms with Crippen LogP contribution in [0.25, 0.3) is 0 Å². The monoisotopic (exact) mass is 283 g/mol. The quantitative estimate of drug-likeness (QED) is 0.607. The number of hydrogen-bond acceptors (Lipinski definition) is 5. The van der Waals surface area contributed by atoms with Gasteiger partial charge >= 0.3 is 22.2 Å². The summed E-state index contributed by atoms with van der Waals surface area (Å²) in [5.41, 5.74) is 0. The molecule has 0 spiro atoms. The number of halogens is 1. The van der Waals surface area contributed by atoms with E-state index in [0.29, 0.717) is 4.90 Å². The highest BCUT2D eigenvalue weighted by molar-refractivity contribution is 7.87. The molecule has 102 valence electrons. The number of hydrogen-bond donors (Lipinski definition) is 2. The number of carbonyl (C=O) groups is 3. The third-order valence-electron chi connectivity index (χ3n) is 2.55. The molecule has 18 heavy (non-hydrogen) atoms. The number of nitrogens with zero attached hydrogens (tertiary/aromatic N) is 1. The molecule has 8 nitrogen and oxygen atoms in total. The van der Waals surface area contributed by atoms with Crippen LogP contribution in [-0.4, -0.2) is 59.2 Å². The van der Waals surface area contributed by atoms with Crippen molar-refractivity contribution < 1.29 is 36.9 Å². The fourth-order valence-corrected chi connectivity index (χ4v) is 2.36. The van der Waals surface area contributed by atoms with Crippen LogP contribution in [0.15, 0.2) is 0 Å². The molecule has 0 aliphatic carbocycles. The van der Waals surface area contributed by atoms with E-state index in [-0.39, 0.29) is 0 Å². The summed E-state index contributed by atoms with van der Waals surface area (Å²) in [4.78, 5) is 33.3. The second-order valence-electron chi connectivity index (χ2n) is 3.80. The third-order valence-corrected chi connectivity index (χ3v) is 3.66. The maximum absolute atomic E-state index is 12.7. The minimum absolute atomic E-state index is 0.568. The molecule has 2 unspecified atom stereocenters. The Kier molecular flexibility index (Phi) is 3.89. The second-order valence-corrected chi connectivity index (χ2v) is 5.42. The molecule has 0 bridgehead atoms. The minimum atomic E-state index is -4.96. The summed E-state index contributed by atoms with van der Waals surface area (Å²) in [7, 11) is -4.96. The molecule has 1 fully saturated rings. The molecule has 2 N–H and O–H groups in total. The molecule has 1 amide bonds. The zero-order chi connectivity index (χ0) is 14.1. The SMILES string of the molecule is O=C(O)CC(C(=O)O)N1CC(S(=O)(=O)F)CC1=O. The van der Waals surface area contributed by atoms with Crippen LogP contribution in [0.5, 0.6) is 0 Å². The Morgan fingerprint density at radius 3 is 2.33 bits per heavy atom. The van der Waals surface area contributed by atoms with E-state index in [2.05, 4.69) is 0 Å². The van der Waals surface area contributed by atoms with Crippen LogP contribution in [0.2, 0.25) is 0 Å². The van der Waals surface area contributed by atoms with Gasteiger partial charge in [-0.1, -0.05) is 0 Å². The summed E-state index contributed by atoms with van der Waals surface area (Å²) in [5.74, 6) is -3.93. The first-order valence-corrected chi connectivity index (χ1v) is 6.25. The highest BCUT2D eigenvalue weighted by atomic mass is 32.3. The molecule has 0 aromatic heterocycles. The van der Waals surface area contributed by atoms with Gasteiger partial charge in [-0.25, -0.2) is 4.79 Å². The topological polar surface area (TPSA) is 129 Å². The number of carboxylic acids is 2. The summed E-state index contributed by atoms with van der Waals surface area (Å²) < 4.78 is 34.0. The van der Waals surface area contributed by atoms with Gasteiger partial charge in [-0.15, -0.1) is 3.89 Å². The van der Waals surface area contributed by atoms with Gasteiger partial charge in [0.25, 0.3) is 0 Å². The van der Waals surface area contributed by atoms with E-state index in [0.717, 1.165) is 0 Å². The summed E-state index contributed by atoms with van der Waals surface area (Å²) in [6.45, 7) is -0.651. The van der Waals surface area contributed by atoms with Crippen molar-refractivity contribution in [3.05, 3.63) is 0 Å². The molecule has 0 saturated carbocycles. The smallest absolute Gasteiger partial charge is 0.327 e. The van der Waals surface area contributed by atoms with Crippen molar-refractivity contribution in [2.24, 2.45) is 0 Å². The van der Waals surface area contributed by atoms with E-state index in [9.17, 15) is 26.7 Å². The lowest BCUT2D eigenvalue weighted by atomic mass is 10.2. The van der Waals surface area contributed by atoms with Crippen molar-refractivity contribution in [2.45, 2.75) is 24.1 Å². The van der Waals surface area contributed by atoms with Gasteiger partial charge in [0.05, 0.1) is 6.42 Å². The van der Waals surface area contributed by atoms with Gasteiger partial charge in [-0.2, -0.15) is 8.42 Å². The molecular weight excluding hydrogens is 273 g/mol. The minimum Gasteiger partial charge on any atom is -0.481 e. The van der Waals surface area contributed by atoms with Crippen LogP contribution in [0.3, 0.4) is 0 Å². The van der Waals surface area contributed by atoms with Crippen LogP contribution in [0, 0.1) is 0 Å². The molecule has 1 aliphatic heterocycles. The molecule has 2 atom stereocenters. The van der Waals surface area contributed by atoms with Gasteiger partial charge in [0, 0.05) is 13.0 Å². The first kappa shape index (κ1) is 14.4. The van der Waals surface area contributed by atoms with Crippen LogP contribution in [0.4, 0.5) is 3.89 Å². The number of aliphatic carboxylic acids is 2. The molecule has 1 rings (SSSR count). The highest BCUT2D eigenvalue weighted by Gasteiger charge is 2.43. The number of rotatable bonds is 5. The Labute approximate surface area is 101 Å². The Balaban J connectivity index is 2.91. The summed E-state index contributed by atoms with van der Waals surface area (Å²) in [6.07, 6.45) is -1.55. The predicted octanol–water partition coefficient (Wildman–Crippen LogP) is -1.19. The van der Waals surface area contributed by atoms with E-state index in [1.807, 2.05) is 0 Å². The Morgan fingerprint density at radius 2 is 2.00 bits per heavy atom. The second kappa shape index (κ2) is 4.88.